The Bertz CT molecular complexity index is 86.5. The molecule has 0 aromatic rings. The van der Waals surface area contributed by atoms with Crippen LogP contribution in [-0.2, 0) is 4.74 Å². The number of rotatable bonds is 7. The molecule has 0 radical (unpaired) electrons. The van der Waals surface area contributed by atoms with Gasteiger partial charge < -0.3 is 4.74 Å². The fourth-order valence-corrected chi connectivity index (χ4v) is 1.46. The second-order valence-corrected chi connectivity index (χ2v) is 3.12. The highest BCUT2D eigenvalue weighted by Gasteiger charge is 2.17. The molecular formula is C9H22N2O. The Morgan fingerprint density at radius 2 is 1.83 bits per heavy atom. The third-order valence-electron chi connectivity index (χ3n) is 2.14. The normalized spacial score (nSPS) is 16.0. The topological polar surface area (TPSA) is 47.3 Å². The van der Waals surface area contributed by atoms with Crippen LogP contribution in [0.2, 0.25) is 0 Å². The van der Waals surface area contributed by atoms with Gasteiger partial charge in [-0.1, -0.05) is 26.7 Å². The largest absolute Gasteiger partial charge is 0.380 e. The molecule has 0 spiro atoms. The van der Waals surface area contributed by atoms with Gasteiger partial charge in [-0.15, -0.1) is 0 Å². The molecule has 0 aromatic heterocycles. The van der Waals surface area contributed by atoms with E-state index in [9.17, 15) is 0 Å². The summed E-state index contributed by atoms with van der Waals surface area (Å²) >= 11 is 0. The highest BCUT2D eigenvalue weighted by atomic mass is 16.5. The van der Waals surface area contributed by atoms with Gasteiger partial charge in [0.05, 0.1) is 6.10 Å². The van der Waals surface area contributed by atoms with Gasteiger partial charge in [0.1, 0.15) is 0 Å². The Labute approximate surface area is 75.6 Å². The van der Waals surface area contributed by atoms with Crippen LogP contribution in [0.15, 0.2) is 0 Å². The van der Waals surface area contributed by atoms with Crippen LogP contribution in [0.5, 0.6) is 0 Å². The number of ether oxygens (including phenoxy) is 1. The molecule has 3 N–H and O–H groups in total. The minimum Gasteiger partial charge on any atom is -0.380 e. The first-order chi connectivity index (χ1) is 5.79. The second-order valence-electron chi connectivity index (χ2n) is 3.12. The lowest BCUT2D eigenvalue weighted by Crippen LogP contribution is -2.44. The van der Waals surface area contributed by atoms with Crippen LogP contribution in [-0.4, -0.2) is 19.3 Å². The lowest BCUT2D eigenvalue weighted by Gasteiger charge is -2.24. The summed E-state index contributed by atoms with van der Waals surface area (Å²) in [7, 11) is 1.75. The third kappa shape index (κ3) is 4.04. The molecule has 0 amide bonds. The second kappa shape index (κ2) is 7.53. The van der Waals surface area contributed by atoms with E-state index in [0.717, 1.165) is 25.7 Å². The van der Waals surface area contributed by atoms with Crippen molar-refractivity contribution in [3.63, 3.8) is 0 Å². The van der Waals surface area contributed by atoms with Gasteiger partial charge in [-0.3, -0.25) is 11.3 Å². The van der Waals surface area contributed by atoms with E-state index in [1.54, 1.807) is 7.11 Å². The molecule has 0 heterocycles. The molecule has 0 saturated heterocycles. The molecule has 0 fully saturated rings. The van der Waals surface area contributed by atoms with Gasteiger partial charge in [-0.2, -0.15) is 0 Å². The molecule has 74 valence electrons. The van der Waals surface area contributed by atoms with Gasteiger partial charge in [0.25, 0.3) is 0 Å². The van der Waals surface area contributed by atoms with Gasteiger partial charge in [0, 0.05) is 13.2 Å². The summed E-state index contributed by atoms with van der Waals surface area (Å²) < 4.78 is 5.35. The average molecular weight is 174 g/mol. The van der Waals surface area contributed by atoms with E-state index in [0.29, 0.717) is 6.04 Å². The van der Waals surface area contributed by atoms with Crippen molar-refractivity contribution in [2.24, 2.45) is 5.84 Å². The van der Waals surface area contributed by atoms with E-state index >= 15 is 0 Å². The molecule has 0 saturated carbocycles. The van der Waals surface area contributed by atoms with Crippen LogP contribution in [0.3, 0.4) is 0 Å². The van der Waals surface area contributed by atoms with E-state index in [-0.39, 0.29) is 6.10 Å². The first kappa shape index (κ1) is 11.9. The summed E-state index contributed by atoms with van der Waals surface area (Å²) in [5.41, 5.74) is 2.81. The Morgan fingerprint density at radius 3 is 2.17 bits per heavy atom. The lowest BCUT2D eigenvalue weighted by atomic mass is 10.0. The van der Waals surface area contributed by atoms with E-state index < -0.39 is 0 Å². The first-order valence-corrected chi connectivity index (χ1v) is 4.79. The predicted octanol–water partition coefficient (Wildman–Crippen LogP) is 1.43. The minimum atomic E-state index is 0.264. The van der Waals surface area contributed by atoms with Crippen LogP contribution in [0.1, 0.15) is 39.5 Å². The molecular weight excluding hydrogens is 152 g/mol. The molecule has 0 aliphatic rings. The molecule has 12 heavy (non-hydrogen) atoms. The summed E-state index contributed by atoms with van der Waals surface area (Å²) in [5, 5.41) is 0. The number of hydrogen-bond donors (Lipinski definition) is 2. The summed E-state index contributed by atoms with van der Waals surface area (Å²) in [6.07, 6.45) is 4.69. The van der Waals surface area contributed by atoms with Crippen molar-refractivity contribution in [2.45, 2.75) is 51.7 Å². The van der Waals surface area contributed by atoms with E-state index in [2.05, 4.69) is 19.3 Å². The van der Waals surface area contributed by atoms with Gasteiger partial charge in [-0.05, 0) is 12.8 Å². The minimum absolute atomic E-state index is 0.264. The van der Waals surface area contributed by atoms with Crippen molar-refractivity contribution in [3.05, 3.63) is 0 Å². The van der Waals surface area contributed by atoms with E-state index in [4.69, 9.17) is 10.6 Å². The predicted molar refractivity (Wildman–Crippen MR) is 51.7 cm³/mol. The Kier molecular flexibility index (Phi) is 7.45. The summed E-state index contributed by atoms with van der Waals surface area (Å²) in [6.45, 7) is 4.31. The maximum atomic E-state index is 5.44. The molecule has 3 nitrogen and oxygen atoms in total. The van der Waals surface area contributed by atoms with Crippen LogP contribution >= 0.6 is 0 Å². The average Bonchev–Trinajstić information content (AvgIpc) is 2.11. The Hall–Kier alpha value is -0.120. The fraction of sp³-hybridized carbons (Fsp3) is 1.00. The third-order valence-corrected chi connectivity index (χ3v) is 2.14. The molecule has 0 rings (SSSR count). The standard InChI is InChI=1S/C9H22N2O/c1-4-6-8(11-10)9(12-3)7-5-2/h8-9,11H,4-7,10H2,1-3H3. The zero-order chi connectivity index (χ0) is 9.40. The van der Waals surface area contributed by atoms with Crippen LogP contribution < -0.4 is 11.3 Å². The molecule has 0 aromatic carbocycles. The quantitative estimate of drug-likeness (QED) is 0.453. The van der Waals surface area contributed by atoms with E-state index in [1.165, 1.54) is 0 Å². The van der Waals surface area contributed by atoms with Gasteiger partial charge >= 0.3 is 0 Å². The van der Waals surface area contributed by atoms with Crippen molar-refractivity contribution >= 4 is 0 Å². The van der Waals surface area contributed by atoms with Crippen molar-refractivity contribution in [3.8, 4) is 0 Å². The van der Waals surface area contributed by atoms with Gasteiger partial charge in [0.15, 0.2) is 0 Å². The number of nitrogens with one attached hydrogen (secondary N) is 1. The number of methoxy groups -OCH3 is 1. The van der Waals surface area contributed by atoms with Crippen molar-refractivity contribution in [1.82, 2.24) is 5.43 Å². The Balaban J connectivity index is 3.84. The summed E-state index contributed by atoms with van der Waals surface area (Å²) in [4.78, 5) is 0. The van der Waals surface area contributed by atoms with Gasteiger partial charge in [0.2, 0.25) is 0 Å². The zero-order valence-electron chi connectivity index (χ0n) is 8.47. The van der Waals surface area contributed by atoms with Crippen molar-refractivity contribution in [2.75, 3.05) is 7.11 Å². The number of hydrogen-bond acceptors (Lipinski definition) is 3. The van der Waals surface area contributed by atoms with Gasteiger partial charge in [-0.25, -0.2) is 0 Å². The maximum Gasteiger partial charge on any atom is 0.0737 e. The molecule has 2 atom stereocenters. The number of hydrazine groups is 1. The molecule has 3 heteroatoms. The van der Waals surface area contributed by atoms with E-state index in [1.807, 2.05) is 0 Å². The van der Waals surface area contributed by atoms with Crippen LogP contribution in [0.4, 0.5) is 0 Å². The first-order valence-electron chi connectivity index (χ1n) is 4.79. The smallest absolute Gasteiger partial charge is 0.0737 e. The number of nitrogens with two attached hydrogens (primary N) is 1. The molecule has 2 unspecified atom stereocenters. The maximum absolute atomic E-state index is 5.44. The van der Waals surface area contributed by atoms with Crippen LogP contribution in [0.25, 0.3) is 0 Å². The van der Waals surface area contributed by atoms with Crippen LogP contribution in [0, 0.1) is 0 Å². The zero-order valence-corrected chi connectivity index (χ0v) is 8.47. The molecule has 0 aliphatic heterocycles. The lowest BCUT2D eigenvalue weighted by molar-refractivity contribution is 0.0579. The van der Waals surface area contributed by atoms with Crippen molar-refractivity contribution < 1.29 is 4.74 Å². The monoisotopic (exact) mass is 174 g/mol. The molecule has 0 bridgehead atoms. The molecule has 0 aliphatic carbocycles. The highest BCUT2D eigenvalue weighted by molar-refractivity contribution is 4.73. The summed E-state index contributed by atoms with van der Waals surface area (Å²) in [6, 6.07) is 0.306. The summed E-state index contributed by atoms with van der Waals surface area (Å²) in [5.74, 6) is 5.44. The highest BCUT2D eigenvalue weighted by Crippen LogP contribution is 2.10. The fourth-order valence-electron chi connectivity index (χ4n) is 1.46. The Morgan fingerprint density at radius 1 is 1.25 bits per heavy atom. The van der Waals surface area contributed by atoms with Crippen molar-refractivity contribution in [1.29, 1.82) is 0 Å². The SMILES string of the molecule is CCCC(NN)C(CCC)OC.